The van der Waals surface area contributed by atoms with Crippen LogP contribution in [0.4, 0.5) is 5.69 Å². The maximum Gasteiger partial charge on any atom is 0.328 e. The van der Waals surface area contributed by atoms with Crippen molar-refractivity contribution in [3.63, 3.8) is 0 Å². The predicted molar refractivity (Wildman–Crippen MR) is 107 cm³/mol. The number of imide groups is 1. The Balaban J connectivity index is 0.00000126. The van der Waals surface area contributed by atoms with Crippen LogP contribution in [0.3, 0.4) is 0 Å². The summed E-state index contributed by atoms with van der Waals surface area (Å²) in [5, 5.41) is 8.99. The molecule has 0 bridgehead atoms. The number of hydrogen-bond donors (Lipinski definition) is 1. The monoisotopic (exact) mass is 369 g/mol. The SMILES string of the molecule is CC.CC(=CC(=O)O)c1cc(N2C(=O)C3=C(CCCC3)C2=O)c(C)cc1C. The van der Waals surface area contributed by atoms with Gasteiger partial charge in [-0.05, 0) is 74.8 Å². The summed E-state index contributed by atoms with van der Waals surface area (Å²) < 4.78 is 0. The van der Waals surface area contributed by atoms with Crippen molar-refractivity contribution in [3.05, 3.63) is 46.0 Å². The highest BCUT2D eigenvalue weighted by Gasteiger charge is 2.40. The molecular weight excluding hydrogens is 342 g/mol. The van der Waals surface area contributed by atoms with E-state index in [1.165, 1.54) is 4.90 Å². The number of benzene rings is 1. The van der Waals surface area contributed by atoms with Crippen LogP contribution in [0.15, 0.2) is 29.4 Å². The molecule has 1 N–H and O–H groups in total. The summed E-state index contributed by atoms with van der Waals surface area (Å²) in [7, 11) is 0. The van der Waals surface area contributed by atoms with E-state index in [0.717, 1.165) is 35.6 Å². The maximum atomic E-state index is 12.8. The van der Waals surface area contributed by atoms with Gasteiger partial charge in [0.1, 0.15) is 0 Å². The Bertz CT molecular complexity index is 833. The van der Waals surface area contributed by atoms with Crippen LogP contribution in [0.1, 0.15) is 63.1 Å². The summed E-state index contributed by atoms with van der Waals surface area (Å²) in [6.07, 6.45) is 4.32. The van der Waals surface area contributed by atoms with Crippen LogP contribution in [0.25, 0.3) is 5.57 Å². The van der Waals surface area contributed by atoms with E-state index in [1.54, 1.807) is 13.0 Å². The Morgan fingerprint density at radius 1 is 1.00 bits per heavy atom. The van der Waals surface area contributed by atoms with E-state index in [2.05, 4.69) is 0 Å². The molecule has 1 aliphatic heterocycles. The first kappa shape index (κ1) is 20.6. The molecule has 1 heterocycles. The zero-order valence-corrected chi connectivity index (χ0v) is 16.7. The minimum Gasteiger partial charge on any atom is -0.478 e. The first-order chi connectivity index (χ1) is 12.8. The first-order valence-electron chi connectivity index (χ1n) is 9.45. The number of hydrogen-bond acceptors (Lipinski definition) is 3. The number of aryl methyl sites for hydroxylation is 2. The Morgan fingerprint density at radius 3 is 2.00 bits per heavy atom. The third-order valence-electron chi connectivity index (χ3n) is 4.94. The molecule has 0 spiro atoms. The lowest BCUT2D eigenvalue weighted by atomic mass is 9.93. The second-order valence-electron chi connectivity index (χ2n) is 6.73. The summed E-state index contributed by atoms with van der Waals surface area (Å²) in [4.78, 5) is 37.8. The first-order valence-corrected chi connectivity index (χ1v) is 9.45. The van der Waals surface area contributed by atoms with Gasteiger partial charge in [0.05, 0.1) is 5.69 Å². The van der Waals surface area contributed by atoms with Crippen molar-refractivity contribution >= 4 is 29.0 Å². The molecule has 0 aromatic heterocycles. The number of nitrogens with zero attached hydrogens (tertiary/aromatic N) is 1. The Hall–Kier alpha value is -2.69. The van der Waals surface area contributed by atoms with Crippen LogP contribution < -0.4 is 4.90 Å². The fourth-order valence-electron chi connectivity index (χ4n) is 3.73. The summed E-state index contributed by atoms with van der Waals surface area (Å²) >= 11 is 0. The Labute approximate surface area is 160 Å². The zero-order chi connectivity index (χ0) is 20.3. The standard InChI is InChI=1S/C20H21NO4.C2H6/c1-11-8-13(3)17(10-16(11)12(2)9-18(22)23)21-19(24)14-6-4-5-7-15(14)20(21)25;1-2/h8-10H,4-7H2,1-3H3,(H,22,23);1-2H3. The minimum absolute atomic E-state index is 0.225. The summed E-state index contributed by atoms with van der Waals surface area (Å²) in [6.45, 7) is 9.47. The minimum atomic E-state index is -1.02. The number of amides is 2. The molecule has 0 radical (unpaired) electrons. The van der Waals surface area contributed by atoms with Gasteiger partial charge in [-0.3, -0.25) is 9.59 Å². The molecule has 27 heavy (non-hydrogen) atoms. The van der Waals surface area contributed by atoms with E-state index in [9.17, 15) is 14.4 Å². The Kier molecular flexibility index (Phi) is 6.37. The number of carbonyl (C=O) groups excluding carboxylic acids is 2. The summed E-state index contributed by atoms with van der Waals surface area (Å²) in [5.74, 6) is -1.47. The number of carboxylic acid groups (broad SMARTS) is 1. The van der Waals surface area contributed by atoms with Crippen molar-refractivity contribution in [1.29, 1.82) is 0 Å². The number of anilines is 1. The van der Waals surface area contributed by atoms with E-state index >= 15 is 0 Å². The maximum absolute atomic E-state index is 12.8. The number of carboxylic acids is 1. The third kappa shape index (κ3) is 3.87. The predicted octanol–water partition coefficient (Wildman–Crippen LogP) is 4.56. The molecule has 0 saturated carbocycles. The molecule has 3 rings (SSSR count). The van der Waals surface area contributed by atoms with Crippen molar-refractivity contribution in [1.82, 2.24) is 0 Å². The molecule has 1 aromatic carbocycles. The van der Waals surface area contributed by atoms with E-state index in [0.29, 0.717) is 35.2 Å². The highest BCUT2D eigenvalue weighted by Crippen LogP contribution is 2.38. The largest absolute Gasteiger partial charge is 0.478 e. The van der Waals surface area contributed by atoms with Crippen LogP contribution in [-0.2, 0) is 14.4 Å². The van der Waals surface area contributed by atoms with Crippen molar-refractivity contribution in [3.8, 4) is 0 Å². The molecule has 1 aromatic rings. The van der Waals surface area contributed by atoms with Crippen LogP contribution in [0, 0.1) is 13.8 Å². The fraction of sp³-hybridized carbons (Fsp3) is 0.409. The van der Waals surface area contributed by atoms with Crippen molar-refractivity contribution in [2.75, 3.05) is 4.90 Å². The zero-order valence-electron chi connectivity index (χ0n) is 16.7. The highest BCUT2D eigenvalue weighted by molar-refractivity contribution is 6.33. The van der Waals surface area contributed by atoms with Gasteiger partial charge in [-0.15, -0.1) is 0 Å². The number of aliphatic carboxylic acids is 1. The van der Waals surface area contributed by atoms with Crippen molar-refractivity contribution in [2.45, 2.75) is 60.3 Å². The number of allylic oxidation sites excluding steroid dienone is 1. The third-order valence-corrected chi connectivity index (χ3v) is 4.94. The summed E-state index contributed by atoms with van der Waals surface area (Å²) in [6, 6.07) is 3.65. The number of rotatable bonds is 3. The van der Waals surface area contributed by atoms with E-state index in [-0.39, 0.29) is 11.8 Å². The molecule has 0 saturated heterocycles. The van der Waals surface area contributed by atoms with Gasteiger partial charge in [0.15, 0.2) is 0 Å². The lowest BCUT2D eigenvalue weighted by Gasteiger charge is -2.20. The number of carbonyl (C=O) groups is 3. The van der Waals surface area contributed by atoms with Gasteiger partial charge in [0.25, 0.3) is 11.8 Å². The van der Waals surface area contributed by atoms with Gasteiger partial charge < -0.3 is 5.11 Å². The smallest absolute Gasteiger partial charge is 0.328 e. The second kappa shape index (κ2) is 8.33. The molecule has 0 fully saturated rings. The van der Waals surface area contributed by atoms with Crippen LogP contribution in [-0.4, -0.2) is 22.9 Å². The van der Waals surface area contributed by atoms with Crippen molar-refractivity contribution in [2.24, 2.45) is 0 Å². The highest BCUT2D eigenvalue weighted by atomic mass is 16.4. The molecule has 5 nitrogen and oxygen atoms in total. The second-order valence-corrected chi connectivity index (χ2v) is 6.73. The molecule has 2 aliphatic rings. The molecule has 5 heteroatoms. The summed E-state index contributed by atoms with van der Waals surface area (Å²) in [5.41, 5.74) is 4.89. The fourth-order valence-corrected chi connectivity index (χ4v) is 3.73. The molecule has 2 amide bonds. The van der Waals surface area contributed by atoms with E-state index in [1.807, 2.05) is 33.8 Å². The van der Waals surface area contributed by atoms with Gasteiger partial charge in [-0.1, -0.05) is 19.9 Å². The van der Waals surface area contributed by atoms with Crippen LogP contribution in [0.5, 0.6) is 0 Å². The van der Waals surface area contributed by atoms with E-state index in [4.69, 9.17) is 5.11 Å². The molecule has 1 aliphatic carbocycles. The van der Waals surface area contributed by atoms with Crippen LogP contribution >= 0.6 is 0 Å². The average molecular weight is 369 g/mol. The van der Waals surface area contributed by atoms with Crippen LogP contribution in [0.2, 0.25) is 0 Å². The lowest BCUT2D eigenvalue weighted by Crippen LogP contribution is -2.32. The quantitative estimate of drug-likeness (QED) is 0.626. The van der Waals surface area contributed by atoms with Gasteiger partial charge in [0, 0.05) is 17.2 Å². The average Bonchev–Trinajstić information content (AvgIpc) is 2.88. The molecule has 0 unspecified atom stereocenters. The Morgan fingerprint density at radius 2 is 1.52 bits per heavy atom. The van der Waals surface area contributed by atoms with Gasteiger partial charge in [0.2, 0.25) is 0 Å². The molecule has 0 atom stereocenters. The van der Waals surface area contributed by atoms with Gasteiger partial charge >= 0.3 is 5.97 Å². The topological polar surface area (TPSA) is 74.7 Å². The molecule has 144 valence electrons. The molecular formula is C22H27NO4. The van der Waals surface area contributed by atoms with Gasteiger partial charge in [-0.25, -0.2) is 9.69 Å². The normalized spacial score (nSPS) is 16.9. The van der Waals surface area contributed by atoms with E-state index < -0.39 is 5.97 Å². The lowest BCUT2D eigenvalue weighted by molar-refractivity contribution is -0.131. The van der Waals surface area contributed by atoms with Crippen molar-refractivity contribution < 1.29 is 19.5 Å². The van der Waals surface area contributed by atoms with Gasteiger partial charge in [-0.2, -0.15) is 0 Å².